The zero-order valence-corrected chi connectivity index (χ0v) is 11.4. The van der Waals surface area contributed by atoms with Crippen molar-refractivity contribution in [2.24, 2.45) is 0 Å². The first kappa shape index (κ1) is 14.9. The van der Waals surface area contributed by atoms with Crippen molar-refractivity contribution >= 4 is 0 Å². The minimum atomic E-state index is -0.910. The number of benzene rings is 1. The van der Waals surface area contributed by atoms with Crippen LogP contribution in [0.15, 0.2) is 24.0 Å². The first-order valence-corrected chi connectivity index (χ1v) is 6.81. The van der Waals surface area contributed by atoms with E-state index in [-0.39, 0.29) is 5.56 Å². The number of rotatable bonds is 5. The topological polar surface area (TPSA) is 21.3 Å². The predicted octanol–water partition coefficient (Wildman–Crippen LogP) is 3.84. The highest BCUT2D eigenvalue weighted by Crippen LogP contribution is 2.31. The Morgan fingerprint density at radius 3 is 2.50 bits per heavy atom. The molecule has 5 heteroatoms. The van der Waals surface area contributed by atoms with Crippen LogP contribution in [0.25, 0.3) is 0 Å². The van der Waals surface area contributed by atoms with Crippen LogP contribution in [0.1, 0.15) is 37.8 Å². The number of ether oxygens (including phenoxy) is 1. The second kappa shape index (κ2) is 6.79. The van der Waals surface area contributed by atoms with E-state index in [0.29, 0.717) is 31.7 Å². The summed E-state index contributed by atoms with van der Waals surface area (Å²) in [5, 5.41) is 3.11. The van der Waals surface area contributed by atoms with Crippen LogP contribution < -0.4 is 5.32 Å². The largest absolute Gasteiger partial charge is 0.501 e. The molecule has 0 fully saturated rings. The minimum Gasteiger partial charge on any atom is -0.501 e. The third kappa shape index (κ3) is 3.33. The van der Waals surface area contributed by atoms with Gasteiger partial charge in [0.05, 0.1) is 18.9 Å². The molecule has 1 heterocycles. The van der Waals surface area contributed by atoms with E-state index in [9.17, 15) is 13.2 Å². The lowest BCUT2D eigenvalue weighted by Crippen LogP contribution is -2.27. The van der Waals surface area contributed by atoms with Gasteiger partial charge < -0.3 is 10.1 Å². The van der Waals surface area contributed by atoms with Gasteiger partial charge in [-0.25, -0.2) is 13.2 Å². The van der Waals surface area contributed by atoms with Gasteiger partial charge in [0, 0.05) is 17.7 Å². The van der Waals surface area contributed by atoms with Gasteiger partial charge in [0.1, 0.15) is 17.5 Å². The molecule has 0 aromatic heterocycles. The summed E-state index contributed by atoms with van der Waals surface area (Å²) in [6.45, 7) is 3.18. The molecule has 1 atom stereocenters. The SMILES string of the molecule is CCCNC(C1=COCCC1)c1c(F)cc(F)cc1F. The lowest BCUT2D eigenvalue weighted by Gasteiger charge is -2.25. The quantitative estimate of drug-likeness (QED) is 0.887. The summed E-state index contributed by atoms with van der Waals surface area (Å²) in [5.74, 6) is -2.66. The van der Waals surface area contributed by atoms with Crippen LogP contribution in [0.3, 0.4) is 0 Å². The summed E-state index contributed by atoms with van der Waals surface area (Å²) in [6.07, 6.45) is 3.90. The second-order valence-corrected chi connectivity index (χ2v) is 4.84. The average Bonchev–Trinajstić information content (AvgIpc) is 2.42. The molecule has 2 nitrogen and oxygen atoms in total. The van der Waals surface area contributed by atoms with E-state index in [1.807, 2.05) is 6.92 Å². The van der Waals surface area contributed by atoms with Crippen molar-refractivity contribution < 1.29 is 17.9 Å². The third-order valence-electron chi connectivity index (χ3n) is 3.26. The highest BCUT2D eigenvalue weighted by Gasteiger charge is 2.25. The van der Waals surface area contributed by atoms with E-state index < -0.39 is 23.5 Å². The van der Waals surface area contributed by atoms with Gasteiger partial charge in [-0.15, -0.1) is 0 Å². The van der Waals surface area contributed by atoms with Gasteiger partial charge >= 0.3 is 0 Å². The smallest absolute Gasteiger partial charge is 0.134 e. The molecular formula is C15H18F3NO. The first-order chi connectivity index (χ1) is 9.63. The number of halogens is 3. The Bertz CT molecular complexity index is 479. The van der Waals surface area contributed by atoms with Gasteiger partial charge in [0.2, 0.25) is 0 Å². The summed E-state index contributed by atoms with van der Waals surface area (Å²) >= 11 is 0. The zero-order chi connectivity index (χ0) is 14.5. The van der Waals surface area contributed by atoms with Crippen molar-refractivity contribution in [2.45, 2.75) is 32.2 Å². The molecule has 0 radical (unpaired) electrons. The van der Waals surface area contributed by atoms with Crippen molar-refractivity contribution in [3.05, 3.63) is 47.0 Å². The fourth-order valence-electron chi connectivity index (χ4n) is 2.33. The normalized spacial score (nSPS) is 16.5. The zero-order valence-electron chi connectivity index (χ0n) is 11.4. The maximum absolute atomic E-state index is 14.0. The molecular weight excluding hydrogens is 267 g/mol. The Labute approximate surface area is 116 Å². The molecule has 20 heavy (non-hydrogen) atoms. The van der Waals surface area contributed by atoms with Crippen LogP contribution >= 0.6 is 0 Å². The summed E-state index contributed by atoms with van der Waals surface area (Å²) in [7, 11) is 0. The molecule has 0 bridgehead atoms. The summed E-state index contributed by atoms with van der Waals surface area (Å²) < 4.78 is 46.2. The minimum absolute atomic E-state index is 0.142. The maximum atomic E-state index is 14.0. The fourth-order valence-corrected chi connectivity index (χ4v) is 2.33. The van der Waals surface area contributed by atoms with E-state index >= 15 is 0 Å². The van der Waals surface area contributed by atoms with Gasteiger partial charge in [0.25, 0.3) is 0 Å². The van der Waals surface area contributed by atoms with E-state index in [1.165, 1.54) is 0 Å². The molecule has 1 unspecified atom stereocenters. The molecule has 1 aliphatic heterocycles. The van der Waals surface area contributed by atoms with Crippen LogP contribution in [0, 0.1) is 17.5 Å². The van der Waals surface area contributed by atoms with Crippen molar-refractivity contribution in [3.8, 4) is 0 Å². The van der Waals surface area contributed by atoms with Gasteiger partial charge in [-0.05, 0) is 31.4 Å². The van der Waals surface area contributed by atoms with Gasteiger partial charge in [-0.3, -0.25) is 0 Å². The van der Waals surface area contributed by atoms with Gasteiger partial charge in [-0.1, -0.05) is 6.92 Å². The van der Waals surface area contributed by atoms with Gasteiger partial charge in [0.15, 0.2) is 0 Å². The van der Waals surface area contributed by atoms with Crippen LogP contribution in [0.5, 0.6) is 0 Å². The Morgan fingerprint density at radius 1 is 1.25 bits per heavy atom. The Morgan fingerprint density at radius 2 is 1.95 bits per heavy atom. The van der Waals surface area contributed by atoms with Crippen molar-refractivity contribution in [3.63, 3.8) is 0 Å². The second-order valence-electron chi connectivity index (χ2n) is 4.84. The van der Waals surface area contributed by atoms with Crippen molar-refractivity contribution in [2.75, 3.05) is 13.2 Å². The summed E-state index contributed by atoms with van der Waals surface area (Å²) in [6, 6.07) is 0.808. The standard InChI is InChI=1S/C15H18F3NO/c1-2-5-19-15(10-4-3-6-20-9-10)14-12(17)7-11(16)8-13(14)18/h7-9,15,19H,2-6H2,1H3. The Hall–Kier alpha value is -1.49. The van der Waals surface area contributed by atoms with Crippen LogP contribution in [-0.4, -0.2) is 13.2 Å². The molecule has 0 spiro atoms. The van der Waals surface area contributed by atoms with Crippen LogP contribution in [0.4, 0.5) is 13.2 Å². The predicted molar refractivity (Wildman–Crippen MR) is 70.6 cm³/mol. The molecule has 1 N–H and O–H groups in total. The van der Waals surface area contributed by atoms with E-state index in [4.69, 9.17) is 4.74 Å². The molecule has 1 aromatic rings. The average molecular weight is 285 g/mol. The van der Waals surface area contributed by atoms with E-state index in [0.717, 1.165) is 18.4 Å². The molecule has 2 rings (SSSR count). The lowest BCUT2D eigenvalue weighted by atomic mass is 9.94. The van der Waals surface area contributed by atoms with Crippen LogP contribution in [-0.2, 0) is 4.74 Å². The van der Waals surface area contributed by atoms with Crippen molar-refractivity contribution in [1.29, 1.82) is 0 Å². The monoisotopic (exact) mass is 285 g/mol. The number of hydrogen-bond donors (Lipinski definition) is 1. The first-order valence-electron chi connectivity index (χ1n) is 6.81. The Kier molecular flexibility index (Phi) is 5.06. The third-order valence-corrected chi connectivity index (χ3v) is 3.26. The molecule has 110 valence electrons. The summed E-state index contributed by atoms with van der Waals surface area (Å²) in [5.41, 5.74) is 0.644. The fraction of sp³-hybridized carbons (Fsp3) is 0.467. The number of hydrogen-bond acceptors (Lipinski definition) is 2. The summed E-state index contributed by atoms with van der Waals surface area (Å²) in [4.78, 5) is 0. The van der Waals surface area contributed by atoms with Crippen molar-refractivity contribution in [1.82, 2.24) is 5.32 Å². The van der Waals surface area contributed by atoms with Gasteiger partial charge in [-0.2, -0.15) is 0 Å². The highest BCUT2D eigenvalue weighted by molar-refractivity contribution is 5.31. The Balaban J connectivity index is 2.38. The highest BCUT2D eigenvalue weighted by atomic mass is 19.1. The van der Waals surface area contributed by atoms with E-state index in [2.05, 4.69) is 5.32 Å². The number of nitrogens with one attached hydrogen (secondary N) is 1. The maximum Gasteiger partial charge on any atom is 0.134 e. The molecule has 0 saturated heterocycles. The molecule has 1 aliphatic rings. The molecule has 0 aliphatic carbocycles. The molecule has 0 amide bonds. The molecule has 0 saturated carbocycles. The van der Waals surface area contributed by atoms with Crippen LogP contribution in [0.2, 0.25) is 0 Å². The molecule has 1 aromatic carbocycles. The van der Waals surface area contributed by atoms with E-state index in [1.54, 1.807) is 6.26 Å². The lowest BCUT2D eigenvalue weighted by molar-refractivity contribution is 0.219.